The Bertz CT molecular complexity index is 1400. The molecule has 0 fully saturated rings. The molecule has 0 saturated carbocycles. The van der Waals surface area contributed by atoms with Gasteiger partial charge in [-0.15, -0.1) is 16.4 Å². The number of aromatic nitrogens is 3. The van der Waals surface area contributed by atoms with Crippen LogP contribution in [-0.2, 0) is 4.79 Å². The molecule has 0 aliphatic carbocycles. The number of rotatable bonds is 6. The van der Waals surface area contributed by atoms with Crippen molar-refractivity contribution in [1.82, 2.24) is 14.8 Å². The number of aryl methyl sites for hydroxylation is 1. The van der Waals surface area contributed by atoms with Crippen LogP contribution in [0.2, 0.25) is 0 Å². The third-order valence-electron chi connectivity index (χ3n) is 5.89. The van der Waals surface area contributed by atoms with E-state index in [4.69, 9.17) is 19.6 Å². The molecule has 5 rings (SSSR count). The van der Waals surface area contributed by atoms with Gasteiger partial charge in [-0.2, -0.15) is 4.98 Å². The number of nitrogens with zero attached hydrogens (tertiary/aromatic N) is 3. The molecule has 2 aromatic carbocycles. The van der Waals surface area contributed by atoms with Crippen molar-refractivity contribution in [3.63, 3.8) is 0 Å². The molecule has 0 bridgehead atoms. The van der Waals surface area contributed by atoms with Gasteiger partial charge >= 0.3 is 0 Å². The summed E-state index contributed by atoms with van der Waals surface area (Å²) in [6.07, 6.45) is 0. The number of thiophene rings is 1. The standard InChI is InChI=1S/C26H25N5O3S/c1-15-10-11-35-23(15)22-21(25(32)28-18-8-6-5-7-9-18)16(2)27-26-29-24(30-31(22)26)17-12-19(33-3)14-20(13-17)34-4/h5-14,22H,1-4H3,(H,28,32)(H,27,29,30). The lowest BCUT2D eigenvalue weighted by Gasteiger charge is -2.28. The van der Waals surface area contributed by atoms with E-state index in [9.17, 15) is 4.79 Å². The summed E-state index contributed by atoms with van der Waals surface area (Å²) in [5, 5.41) is 13.2. The normalized spacial score (nSPS) is 14.8. The number of hydrogen-bond donors (Lipinski definition) is 2. The summed E-state index contributed by atoms with van der Waals surface area (Å²) in [5.74, 6) is 2.16. The van der Waals surface area contributed by atoms with E-state index in [1.54, 1.807) is 36.3 Å². The number of allylic oxidation sites excluding steroid dienone is 1. The topological polar surface area (TPSA) is 90.3 Å². The summed E-state index contributed by atoms with van der Waals surface area (Å²) in [6, 6.07) is 16.6. The molecule has 1 atom stereocenters. The maximum Gasteiger partial charge on any atom is 0.255 e. The van der Waals surface area contributed by atoms with Crippen LogP contribution in [0.1, 0.15) is 23.4 Å². The average Bonchev–Trinajstić information content (AvgIpc) is 3.49. The molecular weight excluding hydrogens is 462 g/mol. The second kappa shape index (κ2) is 9.27. The SMILES string of the molecule is COc1cc(OC)cc(-c2nc3n(n2)C(c2sccc2C)C(C(=O)Nc2ccccc2)=C(C)N3)c1. The number of carbonyl (C=O) groups excluding carboxylic acids is 1. The number of para-hydroxylation sites is 1. The van der Waals surface area contributed by atoms with Crippen molar-refractivity contribution in [2.24, 2.45) is 0 Å². The zero-order chi connectivity index (χ0) is 24.5. The monoisotopic (exact) mass is 487 g/mol. The van der Waals surface area contributed by atoms with Crippen LogP contribution < -0.4 is 20.1 Å². The smallest absolute Gasteiger partial charge is 0.255 e. The average molecular weight is 488 g/mol. The molecule has 4 aromatic rings. The first-order valence-electron chi connectivity index (χ1n) is 11.1. The van der Waals surface area contributed by atoms with Crippen LogP contribution in [0.3, 0.4) is 0 Å². The van der Waals surface area contributed by atoms with E-state index >= 15 is 0 Å². The van der Waals surface area contributed by atoms with Gasteiger partial charge in [0, 0.05) is 27.9 Å². The van der Waals surface area contributed by atoms with Crippen molar-refractivity contribution in [2.45, 2.75) is 19.9 Å². The lowest BCUT2D eigenvalue weighted by atomic mass is 9.99. The van der Waals surface area contributed by atoms with E-state index < -0.39 is 6.04 Å². The van der Waals surface area contributed by atoms with Crippen molar-refractivity contribution >= 4 is 28.9 Å². The lowest BCUT2D eigenvalue weighted by molar-refractivity contribution is -0.113. The minimum atomic E-state index is -0.427. The molecule has 8 nitrogen and oxygen atoms in total. The van der Waals surface area contributed by atoms with Gasteiger partial charge < -0.3 is 20.1 Å². The zero-order valence-corrected chi connectivity index (χ0v) is 20.6. The van der Waals surface area contributed by atoms with E-state index in [0.29, 0.717) is 28.8 Å². The summed E-state index contributed by atoms with van der Waals surface area (Å²) >= 11 is 1.60. The molecule has 1 aliphatic rings. The molecule has 2 aromatic heterocycles. The fourth-order valence-electron chi connectivity index (χ4n) is 4.13. The summed E-state index contributed by atoms with van der Waals surface area (Å²) in [6.45, 7) is 3.93. The Morgan fingerprint density at radius 2 is 1.77 bits per heavy atom. The minimum Gasteiger partial charge on any atom is -0.497 e. The zero-order valence-electron chi connectivity index (χ0n) is 19.8. The first kappa shape index (κ1) is 22.7. The Balaban J connectivity index is 1.61. The number of methoxy groups -OCH3 is 2. The molecule has 1 amide bonds. The Morgan fingerprint density at radius 1 is 1.06 bits per heavy atom. The van der Waals surface area contributed by atoms with Crippen molar-refractivity contribution in [1.29, 1.82) is 0 Å². The molecule has 178 valence electrons. The molecule has 35 heavy (non-hydrogen) atoms. The molecule has 2 N–H and O–H groups in total. The van der Waals surface area contributed by atoms with Crippen LogP contribution in [0.5, 0.6) is 11.5 Å². The first-order chi connectivity index (χ1) is 17.0. The predicted octanol–water partition coefficient (Wildman–Crippen LogP) is 5.26. The van der Waals surface area contributed by atoms with Crippen LogP contribution in [-0.4, -0.2) is 34.9 Å². The van der Waals surface area contributed by atoms with Gasteiger partial charge in [-0.05, 0) is 55.1 Å². The van der Waals surface area contributed by atoms with Gasteiger partial charge in [0.25, 0.3) is 5.91 Å². The van der Waals surface area contributed by atoms with Crippen molar-refractivity contribution < 1.29 is 14.3 Å². The lowest BCUT2D eigenvalue weighted by Crippen LogP contribution is -2.31. The molecule has 0 saturated heterocycles. The van der Waals surface area contributed by atoms with Crippen molar-refractivity contribution in [3.8, 4) is 22.9 Å². The Morgan fingerprint density at radius 3 is 2.40 bits per heavy atom. The van der Waals surface area contributed by atoms with Crippen molar-refractivity contribution in [3.05, 3.63) is 81.7 Å². The van der Waals surface area contributed by atoms with Gasteiger partial charge in [0.05, 0.1) is 19.8 Å². The molecule has 1 aliphatic heterocycles. The summed E-state index contributed by atoms with van der Waals surface area (Å²) in [7, 11) is 3.21. The predicted molar refractivity (Wildman–Crippen MR) is 137 cm³/mol. The number of fused-ring (bicyclic) bond motifs is 1. The molecule has 9 heteroatoms. The van der Waals surface area contributed by atoms with Gasteiger partial charge in [-0.25, -0.2) is 4.68 Å². The third kappa shape index (κ3) is 4.26. The quantitative estimate of drug-likeness (QED) is 0.386. The fraction of sp³-hybridized carbons (Fsp3) is 0.192. The largest absolute Gasteiger partial charge is 0.497 e. The summed E-state index contributed by atoms with van der Waals surface area (Å²) in [5.41, 5.74) is 3.88. The highest BCUT2D eigenvalue weighted by Crippen LogP contribution is 2.40. The highest BCUT2D eigenvalue weighted by molar-refractivity contribution is 7.10. The Kier molecular flexibility index (Phi) is 6.00. The Hall–Kier alpha value is -4.11. The van der Waals surface area contributed by atoms with Gasteiger partial charge in [0.15, 0.2) is 5.82 Å². The second-order valence-electron chi connectivity index (χ2n) is 8.16. The van der Waals surface area contributed by atoms with Gasteiger partial charge in [-0.3, -0.25) is 4.79 Å². The van der Waals surface area contributed by atoms with E-state index in [1.165, 1.54) is 0 Å². The number of amides is 1. The number of carbonyl (C=O) groups is 1. The van der Waals surface area contributed by atoms with Gasteiger partial charge in [-0.1, -0.05) is 18.2 Å². The Labute approximate surface area is 207 Å². The highest BCUT2D eigenvalue weighted by Gasteiger charge is 2.36. The minimum absolute atomic E-state index is 0.190. The molecular formula is C26H25N5O3S. The number of anilines is 2. The van der Waals surface area contributed by atoms with E-state index in [0.717, 1.165) is 27.4 Å². The van der Waals surface area contributed by atoms with E-state index in [-0.39, 0.29) is 5.91 Å². The summed E-state index contributed by atoms with van der Waals surface area (Å²) < 4.78 is 12.6. The number of nitrogens with one attached hydrogen (secondary N) is 2. The maximum absolute atomic E-state index is 13.5. The number of ether oxygens (including phenoxy) is 2. The molecule has 1 unspecified atom stereocenters. The van der Waals surface area contributed by atoms with Gasteiger partial charge in [0.2, 0.25) is 5.95 Å². The maximum atomic E-state index is 13.5. The van der Waals surface area contributed by atoms with E-state index in [1.807, 2.05) is 61.7 Å². The first-order valence-corrected chi connectivity index (χ1v) is 11.9. The third-order valence-corrected chi connectivity index (χ3v) is 6.96. The highest BCUT2D eigenvalue weighted by atomic mass is 32.1. The van der Waals surface area contributed by atoms with Gasteiger partial charge in [0.1, 0.15) is 17.5 Å². The molecule has 0 spiro atoms. The van der Waals surface area contributed by atoms with Crippen LogP contribution in [0.25, 0.3) is 11.4 Å². The molecule has 0 radical (unpaired) electrons. The van der Waals surface area contributed by atoms with Crippen molar-refractivity contribution in [2.75, 3.05) is 24.9 Å². The fourth-order valence-corrected chi connectivity index (χ4v) is 5.15. The second-order valence-corrected chi connectivity index (χ2v) is 9.11. The van der Waals surface area contributed by atoms with Crippen LogP contribution in [0.4, 0.5) is 11.6 Å². The summed E-state index contributed by atoms with van der Waals surface area (Å²) in [4.78, 5) is 19.3. The van der Waals surface area contributed by atoms with Crippen LogP contribution in [0.15, 0.2) is 71.2 Å². The van der Waals surface area contributed by atoms with Crippen LogP contribution >= 0.6 is 11.3 Å². The number of hydrogen-bond acceptors (Lipinski definition) is 7. The van der Waals surface area contributed by atoms with Crippen LogP contribution in [0, 0.1) is 6.92 Å². The van der Waals surface area contributed by atoms with E-state index in [2.05, 4.69) is 16.7 Å². The number of benzene rings is 2. The molecule has 3 heterocycles.